The number of benzene rings is 2. The number of nitrogens with zero attached hydrogens (tertiary/aromatic N) is 1. The van der Waals surface area contributed by atoms with Gasteiger partial charge in [-0.05, 0) is 29.8 Å². The molecule has 0 aliphatic rings. The summed E-state index contributed by atoms with van der Waals surface area (Å²) in [5, 5.41) is 4.49. The maximum absolute atomic E-state index is 5.94. The normalized spacial score (nSPS) is 10.5. The summed E-state index contributed by atoms with van der Waals surface area (Å²) in [5.74, 6) is 0. The van der Waals surface area contributed by atoms with Crippen molar-refractivity contribution in [3.63, 3.8) is 0 Å². The van der Waals surface area contributed by atoms with Gasteiger partial charge in [0.2, 0.25) is 0 Å². The molecule has 0 saturated heterocycles. The lowest BCUT2D eigenvalue weighted by Crippen LogP contribution is -2.01. The molecule has 1 heterocycles. The molecule has 0 amide bonds. The molecule has 3 nitrogen and oxygen atoms in total. The number of fused-ring (bicyclic) bond motifs is 1. The molecule has 0 unspecified atom stereocenters. The molecule has 3 rings (SSSR count). The van der Waals surface area contributed by atoms with Crippen LogP contribution in [0.2, 0.25) is 0 Å². The van der Waals surface area contributed by atoms with Crippen LogP contribution in [0.3, 0.4) is 0 Å². The van der Waals surface area contributed by atoms with Crippen LogP contribution in [0.15, 0.2) is 60.8 Å². The van der Waals surface area contributed by atoms with Gasteiger partial charge in [0.1, 0.15) is 0 Å². The van der Waals surface area contributed by atoms with E-state index in [0.29, 0.717) is 5.69 Å². The first-order valence-electron chi connectivity index (χ1n) is 6.25. The smallest absolute Gasteiger partial charge is 0.0951 e. The molecule has 3 aromatic rings. The maximum atomic E-state index is 5.94. The van der Waals surface area contributed by atoms with Gasteiger partial charge in [0.15, 0.2) is 0 Å². The summed E-state index contributed by atoms with van der Waals surface area (Å²) in [4.78, 5) is 4.33. The molecular weight excluding hydrogens is 234 g/mol. The monoisotopic (exact) mass is 249 g/mol. The van der Waals surface area contributed by atoms with E-state index in [2.05, 4.69) is 22.4 Å². The number of nitrogens with two attached hydrogens (primary N) is 1. The molecular formula is C16H15N3. The summed E-state index contributed by atoms with van der Waals surface area (Å²) in [6, 6.07) is 18.2. The van der Waals surface area contributed by atoms with E-state index in [-0.39, 0.29) is 0 Å². The predicted octanol–water partition coefficient (Wildman–Crippen LogP) is 3.43. The number of rotatable bonds is 3. The van der Waals surface area contributed by atoms with Crippen LogP contribution in [0, 0.1) is 0 Å². The number of hydrogen-bond acceptors (Lipinski definition) is 3. The van der Waals surface area contributed by atoms with Crippen molar-refractivity contribution in [2.45, 2.75) is 6.54 Å². The van der Waals surface area contributed by atoms with Crippen LogP contribution in [-0.4, -0.2) is 4.98 Å². The minimum atomic E-state index is 0.709. The van der Waals surface area contributed by atoms with Crippen LogP contribution in [0.5, 0.6) is 0 Å². The van der Waals surface area contributed by atoms with E-state index < -0.39 is 0 Å². The van der Waals surface area contributed by atoms with Gasteiger partial charge in [0, 0.05) is 23.8 Å². The highest BCUT2D eigenvalue weighted by Crippen LogP contribution is 2.26. The molecule has 0 aliphatic carbocycles. The molecule has 0 atom stereocenters. The van der Waals surface area contributed by atoms with E-state index in [0.717, 1.165) is 23.1 Å². The maximum Gasteiger partial charge on any atom is 0.0951 e. The second kappa shape index (κ2) is 4.98. The van der Waals surface area contributed by atoms with Gasteiger partial charge in [-0.25, -0.2) is 0 Å². The third-order valence-electron chi connectivity index (χ3n) is 3.13. The Balaban J connectivity index is 1.91. The van der Waals surface area contributed by atoms with E-state index in [9.17, 15) is 0 Å². The molecule has 3 heteroatoms. The van der Waals surface area contributed by atoms with E-state index in [1.807, 2.05) is 42.5 Å². The molecule has 94 valence electrons. The van der Waals surface area contributed by atoms with Gasteiger partial charge in [-0.2, -0.15) is 0 Å². The van der Waals surface area contributed by atoms with Crippen LogP contribution < -0.4 is 11.1 Å². The average molecular weight is 249 g/mol. The van der Waals surface area contributed by atoms with Crippen molar-refractivity contribution in [3.05, 3.63) is 66.4 Å². The van der Waals surface area contributed by atoms with Gasteiger partial charge in [-0.1, -0.05) is 30.3 Å². The summed E-state index contributed by atoms with van der Waals surface area (Å²) < 4.78 is 0. The van der Waals surface area contributed by atoms with Gasteiger partial charge < -0.3 is 11.1 Å². The first-order chi connectivity index (χ1) is 9.34. The third kappa shape index (κ3) is 2.36. The van der Waals surface area contributed by atoms with Crippen molar-refractivity contribution in [3.8, 4) is 0 Å². The first-order valence-corrected chi connectivity index (χ1v) is 6.25. The lowest BCUT2D eigenvalue weighted by molar-refractivity contribution is 1.15. The number of hydrogen-bond donors (Lipinski definition) is 2. The minimum absolute atomic E-state index is 0.709. The Morgan fingerprint density at radius 1 is 0.947 bits per heavy atom. The highest BCUT2D eigenvalue weighted by molar-refractivity contribution is 5.98. The van der Waals surface area contributed by atoms with E-state index in [1.54, 1.807) is 6.20 Å². The SMILES string of the molecule is Nc1ccc(NCc2ccccc2)c2cccnc12. The van der Waals surface area contributed by atoms with Crippen molar-refractivity contribution in [1.82, 2.24) is 4.98 Å². The van der Waals surface area contributed by atoms with Gasteiger partial charge in [0.05, 0.1) is 11.2 Å². The van der Waals surface area contributed by atoms with Crippen LogP contribution in [-0.2, 0) is 6.54 Å². The topological polar surface area (TPSA) is 50.9 Å². The number of anilines is 2. The Labute approximate surface area is 112 Å². The first kappa shape index (κ1) is 11.5. The Morgan fingerprint density at radius 3 is 2.63 bits per heavy atom. The van der Waals surface area contributed by atoms with Crippen molar-refractivity contribution < 1.29 is 0 Å². The van der Waals surface area contributed by atoms with Crippen LogP contribution in [0.25, 0.3) is 10.9 Å². The molecule has 2 aromatic carbocycles. The fourth-order valence-corrected chi connectivity index (χ4v) is 2.14. The Hall–Kier alpha value is -2.55. The van der Waals surface area contributed by atoms with Crippen molar-refractivity contribution >= 4 is 22.3 Å². The van der Waals surface area contributed by atoms with Crippen LogP contribution >= 0.6 is 0 Å². The van der Waals surface area contributed by atoms with E-state index >= 15 is 0 Å². The van der Waals surface area contributed by atoms with Gasteiger partial charge in [0.25, 0.3) is 0 Å². The van der Waals surface area contributed by atoms with Gasteiger partial charge >= 0.3 is 0 Å². The standard InChI is InChI=1S/C16H15N3/c17-14-8-9-15(13-7-4-10-18-16(13)14)19-11-12-5-2-1-3-6-12/h1-10,19H,11,17H2. The quantitative estimate of drug-likeness (QED) is 0.699. The van der Waals surface area contributed by atoms with Gasteiger partial charge in [-0.3, -0.25) is 4.98 Å². The Bertz CT molecular complexity index is 693. The summed E-state index contributed by atoms with van der Waals surface area (Å²) in [7, 11) is 0. The summed E-state index contributed by atoms with van der Waals surface area (Å²) in [6.07, 6.45) is 1.76. The third-order valence-corrected chi connectivity index (χ3v) is 3.13. The van der Waals surface area contributed by atoms with Crippen LogP contribution in [0.4, 0.5) is 11.4 Å². The van der Waals surface area contributed by atoms with E-state index in [4.69, 9.17) is 5.73 Å². The zero-order chi connectivity index (χ0) is 13.1. The fourth-order valence-electron chi connectivity index (χ4n) is 2.14. The molecule has 3 N–H and O–H groups in total. The molecule has 19 heavy (non-hydrogen) atoms. The Kier molecular flexibility index (Phi) is 3.02. The van der Waals surface area contributed by atoms with Crippen LogP contribution in [0.1, 0.15) is 5.56 Å². The minimum Gasteiger partial charge on any atom is -0.397 e. The molecule has 0 bridgehead atoms. The summed E-state index contributed by atoms with van der Waals surface area (Å²) in [6.45, 7) is 0.786. The number of nitrogens with one attached hydrogen (secondary N) is 1. The average Bonchev–Trinajstić information content (AvgIpc) is 2.48. The second-order valence-corrected chi connectivity index (χ2v) is 4.44. The van der Waals surface area contributed by atoms with Crippen molar-refractivity contribution in [2.75, 3.05) is 11.1 Å². The zero-order valence-corrected chi connectivity index (χ0v) is 10.5. The Morgan fingerprint density at radius 2 is 1.79 bits per heavy atom. The fraction of sp³-hybridized carbons (Fsp3) is 0.0625. The highest BCUT2D eigenvalue weighted by atomic mass is 14.9. The zero-order valence-electron chi connectivity index (χ0n) is 10.5. The molecule has 0 spiro atoms. The van der Waals surface area contributed by atoms with Crippen molar-refractivity contribution in [1.29, 1.82) is 0 Å². The molecule has 0 fully saturated rings. The summed E-state index contributed by atoms with van der Waals surface area (Å²) >= 11 is 0. The molecule has 0 aliphatic heterocycles. The second-order valence-electron chi connectivity index (χ2n) is 4.44. The lowest BCUT2D eigenvalue weighted by atomic mass is 10.1. The molecule has 1 aromatic heterocycles. The molecule has 0 radical (unpaired) electrons. The predicted molar refractivity (Wildman–Crippen MR) is 79.9 cm³/mol. The number of pyridine rings is 1. The highest BCUT2D eigenvalue weighted by Gasteiger charge is 2.04. The lowest BCUT2D eigenvalue weighted by Gasteiger charge is -2.10. The largest absolute Gasteiger partial charge is 0.397 e. The number of aromatic nitrogens is 1. The summed E-state index contributed by atoms with van der Waals surface area (Å²) in [5.41, 5.74) is 9.80. The van der Waals surface area contributed by atoms with Crippen molar-refractivity contribution in [2.24, 2.45) is 0 Å². The number of nitrogen functional groups attached to an aromatic ring is 1. The van der Waals surface area contributed by atoms with E-state index in [1.165, 1.54) is 5.56 Å². The molecule has 0 saturated carbocycles. The van der Waals surface area contributed by atoms with Gasteiger partial charge in [-0.15, -0.1) is 0 Å².